The van der Waals surface area contributed by atoms with Crippen molar-refractivity contribution in [2.45, 2.75) is 19.4 Å². The summed E-state index contributed by atoms with van der Waals surface area (Å²) in [5, 5.41) is 12.7. The molecular formula is C10H22N2O2. The Hall–Kier alpha value is -0.160. The van der Waals surface area contributed by atoms with Crippen LogP contribution in [0.15, 0.2) is 0 Å². The highest BCUT2D eigenvalue weighted by molar-refractivity contribution is 4.69. The molecule has 4 nitrogen and oxygen atoms in total. The molecule has 0 saturated carbocycles. The van der Waals surface area contributed by atoms with Crippen LogP contribution in [-0.2, 0) is 4.74 Å². The third-order valence-corrected chi connectivity index (χ3v) is 2.27. The lowest BCUT2D eigenvalue weighted by atomic mass is 10.1. The molecule has 0 aromatic carbocycles. The van der Waals surface area contributed by atoms with Crippen LogP contribution in [0.2, 0.25) is 0 Å². The summed E-state index contributed by atoms with van der Waals surface area (Å²) in [4.78, 5) is 2.38. The van der Waals surface area contributed by atoms with E-state index in [4.69, 9.17) is 4.74 Å². The van der Waals surface area contributed by atoms with Crippen molar-refractivity contribution in [3.05, 3.63) is 0 Å². The predicted molar refractivity (Wildman–Crippen MR) is 56.4 cm³/mol. The first kappa shape index (κ1) is 11.9. The van der Waals surface area contributed by atoms with E-state index in [9.17, 15) is 5.11 Å². The van der Waals surface area contributed by atoms with Gasteiger partial charge in [0.2, 0.25) is 0 Å². The van der Waals surface area contributed by atoms with Gasteiger partial charge in [-0.15, -0.1) is 0 Å². The van der Waals surface area contributed by atoms with Crippen LogP contribution in [0.4, 0.5) is 0 Å². The Labute approximate surface area is 86.2 Å². The Morgan fingerprint density at radius 1 is 1.36 bits per heavy atom. The SMILES string of the molecule is CC(C)(O)CNCCN1CCOCC1. The lowest BCUT2D eigenvalue weighted by Gasteiger charge is -2.27. The lowest BCUT2D eigenvalue weighted by molar-refractivity contribution is 0.0365. The van der Waals surface area contributed by atoms with Crippen LogP contribution in [0.1, 0.15) is 13.8 Å². The van der Waals surface area contributed by atoms with E-state index in [1.807, 2.05) is 13.8 Å². The maximum atomic E-state index is 9.46. The molecule has 0 amide bonds. The monoisotopic (exact) mass is 202 g/mol. The van der Waals surface area contributed by atoms with Crippen molar-refractivity contribution in [1.29, 1.82) is 0 Å². The summed E-state index contributed by atoms with van der Waals surface area (Å²) in [6, 6.07) is 0. The maximum Gasteiger partial charge on any atom is 0.0715 e. The first-order chi connectivity index (χ1) is 6.58. The zero-order valence-corrected chi connectivity index (χ0v) is 9.25. The topological polar surface area (TPSA) is 44.7 Å². The molecule has 0 atom stereocenters. The van der Waals surface area contributed by atoms with Crippen LogP contribution >= 0.6 is 0 Å². The number of hydrogen-bond donors (Lipinski definition) is 2. The van der Waals surface area contributed by atoms with Gasteiger partial charge >= 0.3 is 0 Å². The molecule has 1 rings (SSSR count). The fraction of sp³-hybridized carbons (Fsp3) is 1.00. The molecule has 1 aliphatic rings. The standard InChI is InChI=1S/C10H22N2O2/c1-10(2,13)9-11-3-4-12-5-7-14-8-6-12/h11,13H,3-9H2,1-2H3. The molecule has 4 heteroatoms. The number of morpholine rings is 1. The van der Waals surface area contributed by atoms with Crippen molar-refractivity contribution in [1.82, 2.24) is 10.2 Å². The van der Waals surface area contributed by atoms with Gasteiger partial charge in [0.05, 0.1) is 18.8 Å². The summed E-state index contributed by atoms with van der Waals surface area (Å²) in [5.41, 5.74) is -0.606. The lowest BCUT2D eigenvalue weighted by Crippen LogP contribution is -2.42. The van der Waals surface area contributed by atoms with Gasteiger partial charge in [-0.3, -0.25) is 4.90 Å². The Balaban J connectivity index is 1.97. The second kappa shape index (κ2) is 5.66. The van der Waals surface area contributed by atoms with E-state index in [0.717, 1.165) is 39.4 Å². The number of aliphatic hydroxyl groups is 1. The van der Waals surface area contributed by atoms with Gasteiger partial charge in [-0.1, -0.05) is 0 Å². The fourth-order valence-electron chi connectivity index (χ4n) is 1.46. The molecular weight excluding hydrogens is 180 g/mol. The highest BCUT2D eigenvalue weighted by atomic mass is 16.5. The van der Waals surface area contributed by atoms with Crippen molar-refractivity contribution in [3.8, 4) is 0 Å². The largest absolute Gasteiger partial charge is 0.389 e. The molecule has 84 valence electrons. The van der Waals surface area contributed by atoms with Gasteiger partial charge in [0, 0.05) is 32.7 Å². The minimum Gasteiger partial charge on any atom is -0.389 e. The molecule has 1 saturated heterocycles. The summed E-state index contributed by atoms with van der Waals surface area (Å²) in [6.45, 7) is 10.0. The zero-order chi connectivity index (χ0) is 10.4. The second-order valence-electron chi connectivity index (χ2n) is 4.44. The molecule has 0 aliphatic carbocycles. The highest BCUT2D eigenvalue weighted by Gasteiger charge is 2.12. The molecule has 0 spiro atoms. The zero-order valence-electron chi connectivity index (χ0n) is 9.25. The van der Waals surface area contributed by atoms with E-state index >= 15 is 0 Å². The van der Waals surface area contributed by atoms with Crippen LogP contribution in [0, 0.1) is 0 Å². The van der Waals surface area contributed by atoms with Gasteiger partial charge < -0.3 is 15.2 Å². The van der Waals surface area contributed by atoms with E-state index < -0.39 is 5.60 Å². The van der Waals surface area contributed by atoms with E-state index in [0.29, 0.717) is 6.54 Å². The van der Waals surface area contributed by atoms with Crippen LogP contribution < -0.4 is 5.32 Å². The molecule has 0 aromatic rings. The molecule has 0 bridgehead atoms. The fourth-order valence-corrected chi connectivity index (χ4v) is 1.46. The number of rotatable bonds is 5. The summed E-state index contributed by atoms with van der Waals surface area (Å²) in [5.74, 6) is 0. The number of hydrogen-bond acceptors (Lipinski definition) is 4. The third-order valence-electron chi connectivity index (χ3n) is 2.27. The average Bonchev–Trinajstić information content (AvgIpc) is 2.13. The predicted octanol–water partition coefficient (Wildman–Crippen LogP) is -0.321. The summed E-state index contributed by atoms with van der Waals surface area (Å²) in [7, 11) is 0. The van der Waals surface area contributed by atoms with Crippen molar-refractivity contribution >= 4 is 0 Å². The van der Waals surface area contributed by atoms with Crippen molar-refractivity contribution in [2.24, 2.45) is 0 Å². The van der Waals surface area contributed by atoms with Crippen molar-refractivity contribution in [3.63, 3.8) is 0 Å². The highest BCUT2D eigenvalue weighted by Crippen LogP contribution is 1.98. The van der Waals surface area contributed by atoms with Gasteiger partial charge in [0.25, 0.3) is 0 Å². The first-order valence-electron chi connectivity index (χ1n) is 5.31. The van der Waals surface area contributed by atoms with Crippen LogP contribution in [-0.4, -0.2) is 61.5 Å². The number of nitrogens with one attached hydrogen (secondary N) is 1. The van der Waals surface area contributed by atoms with Gasteiger partial charge in [0.1, 0.15) is 0 Å². The molecule has 2 N–H and O–H groups in total. The van der Waals surface area contributed by atoms with E-state index in [1.165, 1.54) is 0 Å². The number of nitrogens with zero attached hydrogens (tertiary/aromatic N) is 1. The average molecular weight is 202 g/mol. The Kier molecular flexibility index (Phi) is 4.81. The Morgan fingerprint density at radius 2 is 2.00 bits per heavy atom. The molecule has 14 heavy (non-hydrogen) atoms. The van der Waals surface area contributed by atoms with Gasteiger partial charge in [-0.2, -0.15) is 0 Å². The minimum atomic E-state index is -0.606. The van der Waals surface area contributed by atoms with Crippen LogP contribution in [0.25, 0.3) is 0 Å². The smallest absolute Gasteiger partial charge is 0.0715 e. The van der Waals surface area contributed by atoms with E-state index in [1.54, 1.807) is 0 Å². The minimum absolute atomic E-state index is 0.606. The molecule has 0 radical (unpaired) electrons. The van der Waals surface area contributed by atoms with Gasteiger partial charge in [-0.25, -0.2) is 0 Å². The van der Waals surface area contributed by atoms with E-state index in [2.05, 4.69) is 10.2 Å². The quantitative estimate of drug-likeness (QED) is 0.600. The molecule has 0 unspecified atom stereocenters. The number of ether oxygens (including phenoxy) is 1. The van der Waals surface area contributed by atoms with Crippen LogP contribution in [0.3, 0.4) is 0 Å². The van der Waals surface area contributed by atoms with Gasteiger partial charge in [-0.05, 0) is 13.8 Å². The summed E-state index contributed by atoms with van der Waals surface area (Å²) >= 11 is 0. The Morgan fingerprint density at radius 3 is 2.57 bits per heavy atom. The molecule has 1 heterocycles. The second-order valence-corrected chi connectivity index (χ2v) is 4.44. The Bertz CT molecular complexity index is 151. The normalized spacial score (nSPS) is 19.9. The summed E-state index contributed by atoms with van der Waals surface area (Å²) < 4.78 is 5.26. The van der Waals surface area contributed by atoms with Crippen LogP contribution in [0.5, 0.6) is 0 Å². The summed E-state index contributed by atoms with van der Waals surface area (Å²) in [6.07, 6.45) is 0. The maximum absolute atomic E-state index is 9.46. The molecule has 0 aromatic heterocycles. The third kappa shape index (κ3) is 5.54. The van der Waals surface area contributed by atoms with Crippen molar-refractivity contribution < 1.29 is 9.84 Å². The molecule has 1 fully saturated rings. The van der Waals surface area contributed by atoms with E-state index in [-0.39, 0.29) is 0 Å². The van der Waals surface area contributed by atoms with Gasteiger partial charge in [0.15, 0.2) is 0 Å². The van der Waals surface area contributed by atoms with Crippen molar-refractivity contribution in [2.75, 3.05) is 45.9 Å². The first-order valence-corrected chi connectivity index (χ1v) is 5.31. The molecule has 1 aliphatic heterocycles.